The first kappa shape index (κ1) is 12.6. The first-order chi connectivity index (χ1) is 8.70. The van der Waals surface area contributed by atoms with Gasteiger partial charge in [-0.1, -0.05) is 36.0 Å². The molecule has 1 fully saturated rings. The van der Waals surface area contributed by atoms with E-state index in [9.17, 15) is 0 Å². The maximum absolute atomic E-state index is 6.33. The van der Waals surface area contributed by atoms with E-state index < -0.39 is 0 Å². The zero-order valence-corrected chi connectivity index (χ0v) is 12.5. The molecule has 3 rings (SSSR count). The van der Waals surface area contributed by atoms with Gasteiger partial charge in [0.05, 0.1) is 16.8 Å². The first-order valence-electron chi connectivity index (χ1n) is 6.16. The molecule has 0 unspecified atom stereocenters. The maximum atomic E-state index is 6.33. The summed E-state index contributed by atoms with van der Waals surface area (Å²) in [6.45, 7) is 0. The van der Waals surface area contributed by atoms with Crippen molar-refractivity contribution in [3.05, 3.63) is 27.1 Å². The van der Waals surface area contributed by atoms with E-state index in [1.165, 1.54) is 30.6 Å². The van der Waals surface area contributed by atoms with Gasteiger partial charge in [-0.25, -0.2) is 0 Å². The minimum absolute atomic E-state index is 0.520. The first-order valence-corrected chi connectivity index (χ1v) is 7.73. The second kappa shape index (κ2) is 4.92. The van der Waals surface area contributed by atoms with Gasteiger partial charge in [0.25, 0.3) is 0 Å². The number of hydrogen-bond donors (Lipinski definition) is 0. The standard InChI is InChI=1S/C14H14Cl2OS/c1-17-10-6-9-7-11(8-4-2-3-5-8)18-14(9)13(16)12(10)15/h6-8H,2-5H2,1H3. The quantitative estimate of drug-likeness (QED) is 0.673. The Labute approximate surface area is 121 Å². The van der Waals surface area contributed by atoms with Crippen LogP contribution in [0.4, 0.5) is 0 Å². The molecule has 96 valence electrons. The molecule has 0 aliphatic heterocycles. The third-order valence-corrected chi connectivity index (χ3v) is 5.95. The van der Waals surface area contributed by atoms with E-state index >= 15 is 0 Å². The lowest BCUT2D eigenvalue weighted by atomic mass is 10.1. The van der Waals surface area contributed by atoms with Crippen molar-refractivity contribution in [2.75, 3.05) is 7.11 Å². The summed E-state index contributed by atoms with van der Waals surface area (Å²) in [5.41, 5.74) is 0. The number of hydrogen-bond acceptors (Lipinski definition) is 2. The van der Waals surface area contributed by atoms with Gasteiger partial charge >= 0.3 is 0 Å². The Morgan fingerprint density at radius 1 is 1.17 bits per heavy atom. The van der Waals surface area contributed by atoms with Crippen molar-refractivity contribution in [2.24, 2.45) is 0 Å². The lowest BCUT2D eigenvalue weighted by Gasteiger charge is -2.04. The highest BCUT2D eigenvalue weighted by Crippen LogP contribution is 2.46. The Balaban J connectivity index is 2.13. The minimum Gasteiger partial charge on any atom is -0.495 e. The molecule has 0 bridgehead atoms. The Hall–Kier alpha value is -0.440. The van der Waals surface area contributed by atoms with Crippen molar-refractivity contribution < 1.29 is 4.74 Å². The molecule has 0 amide bonds. The molecule has 1 saturated carbocycles. The molecule has 1 aliphatic carbocycles. The number of fused-ring (bicyclic) bond motifs is 1. The van der Waals surface area contributed by atoms with Crippen molar-refractivity contribution in [1.82, 2.24) is 0 Å². The molecule has 0 spiro atoms. The topological polar surface area (TPSA) is 9.23 Å². The van der Waals surface area contributed by atoms with Crippen molar-refractivity contribution in [3.63, 3.8) is 0 Å². The lowest BCUT2D eigenvalue weighted by molar-refractivity contribution is 0.415. The number of rotatable bonds is 2. The van der Waals surface area contributed by atoms with Crippen molar-refractivity contribution in [1.29, 1.82) is 0 Å². The highest BCUT2D eigenvalue weighted by Gasteiger charge is 2.21. The summed E-state index contributed by atoms with van der Waals surface area (Å²) in [6, 6.07) is 4.24. The van der Waals surface area contributed by atoms with E-state index in [1.54, 1.807) is 18.4 Å². The third-order valence-electron chi connectivity index (χ3n) is 3.65. The number of benzene rings is 1. The van der Waals surface area contributed by atoms with Crippen LogP contribution < -0.4 is 4.74 Å². The zero-order valence-electron chi connectivity index (χ0n) is 10.1. The molecule has 1 aromatic carbocycles. The number of thiophene rings is 1. The molecule has 1 heterocycles. The summed E-state index contributed by atoms with van der Waals surface area (Å²) in [5.74, 6) is 1.37. The van der Waals surface area contributed by atoms with Crippen LogP contribution in [0.1, 0.15) is 36.5 Å². The van der Waals surface area contributed by atoms with Gasteiger partial charge in [-0.3, -0.25) is 0 Å². The SMILES string of the molecule is COc1cc2cc(C3CCCC3)sc2c(Cl)c1Cl. The normalized spacial score (nSPS) is 16.6. The summed E-state index contributed by atoms with van der Waals surface area (Å²) in [4.78, 5) is 1.44. The summed E-state index contributed by atoms with van der Waals surface area (Å²) in [6.07, 6.45) is 5.29. The van der Waals surface area contributed by atoms with Gasteiger partial charge in [-0.15, -0.1) is 11.3 Å². The van der Waals surface area contributed by atoms with Gasteiger partial charge in [-0.05, 0) is 36.3 Å². The Bertz CT molecular complexity index is 585. The molecule has 18 heavy (non-hydrogen) atoms. The molecule has 0 radical (unpaired) electrons. The highest BCUT2D eigenvalue weighted by atomic mass is 35.5. The molecule has 1 aromatic heterocycles. The van der Waals surface area contributed by atoms with Gasteiger partial charge in [0.2, 0.25) is 0 Å². The Morgan fingerprint density at radius 3 is 2.56 bits per heavy atom. The van der Waals surface area contributed by atoms with Gasteiger partial charge in [0, 0.05) is 4.88 Å². The third kappa shape index (κ3) is 2.01. The number of halogens is 2. The van der Waals surface area contributed by atoms with Crippen LogP contribution in [0.3, 0.4) is 0 Å². The fourth-order valence-electron chi connectivity index (χ4n) is 2.68. The average Bonchev–Trinajstić information content (AvgIpc) is 3.01. The lowest BCUT2D eigenvalue weighted by Crippen LogP contribution is -1.85. The van der Waals surface area contributed by atoms with E-state index in [0.717, 1.165) is 10.1 Å². The van der Waals surface area contributed by atoms with E-state index in [2.05, 4.69) is 6.07 Å². The van der Waals surface area contributed by atoms with Crippen LogP contribution in [-0.4, -0.2) is 7.11 Å². The summed E-state index contributed by atoms with van der Waals surface area (Å²) >= 11 is 14.3. The Kier molecular flexibility index (Phi) is 3.44. The van der Waals surface area contributed by atoms with E-state index in [1.807, 2.05) is 6.07 Å². The molecule has 0 N–H and O–H groups in total. The summed E-state index contributed by atoms with van der Waals surface area (Å²) in [7, 11) is 1.62. The van der Waals surface area contributed by atoms with Crippen LogP contribution in [0.5, 0.6) is 5.75 Å². The number of ether oxygens (including phenoxy) is 1. The van der Waals surface area contributed by atoms with E-state index in [0.29, 0.717) is 21.7 Å². The molecule has 4 heteroatoms. The van der Waals surface area contributed by atoms with Crippen molar-refractivity contribution >= 4 is 44.6 Å². The van der Waals surface area contributed by atoms with Gasteiger partial charge < -0.3 is 4.74 Å². The predicted molar refractivity (Wildman–Crippen MR) is 79.6 cm³/mol. The molecule has 1 aliphatic rings. The van der Waals surface area contributed by atoms with Gasteiger partial charge in [0.15, 0.2) is 0 Å². The van der Waals surface area contributed by atoms with Crippen LogP contribution in [0.2, 0.25) is 10.0 Å². The van der Waals surface area contributed by atoms with Crippen LogP contribution in [0, 0.1) is 0 Å². The average molecular weight is 301 g/mol. The molecule has 0 atom stereocenters. The van der Waals surface area contributed by atoms with E-state index in [-0.39, 0.29) is 0 Å². The maximum Gasteiger partial charge on any atom is 0.139 e. The fraction of sp³-hybridized carbons (Fsp3) is 0.429. The summed E-state index contributed by atoms with van der Waals surface area (Å²) in [5, 5.41) is 2.29. The van der Waals surface area contributed by atoms with Crippen LogP contribution >= 0.6 is 34.5 Å². The molecule has 0 saturated heterocycles. The Morgan fingerprint density at radius 2 is 1.89 bits per heavy atom. The molecule has 2 aromatic rings. The molecule has 1 nitrogen and oxygen atoms in total. The van der Waals surface area contributed by atoms with Crippen molar-refractivity contribution in [2.45, 2.75) is 31.6 Å². The second-order valence-electron chi connectivity index (χ2n) is 4.76. The van der Waals surface area contributed by atoms with Crippen LogP contribution in [0.25, 0.3) is 10.1 Å². The van der Waals surface area contributed by atoms with Crippen LogP contribution in [0.15, 0.2) is 12.1 Å². The van der Waals surface area contributed by atoms with Crippen LogP contribution in [-0.2, 0) is 0 Å². The van der Waals surface area contributed by atoms with Gasteiger partial charge in [0.1, 0.15) is 10.8 Å². The highest BCUT2D eigenvalue weighted by molar-refractivity contribution is 7.19. The zero-order chi connectivity index (χ0) is 12.7. The fourth-order valence-corrected chi connectivity index (χ4v) is 4.53. The summed E-state index contributed by atoms with van der Waals surface area (Å²) < 4.78 is 6.34. The van der Waals surface area contributed by atoms with E-state index in [4.69, 9.17) is 27.9 Å². The largest absolute Gasteiger partial charge is 0.495 e. The molecular weight excluding hydrogens is 287 g/mol. The number of methoxy groups -OCH3 is 1. The van der Waals surface area contributed by atoms with Gasteiger partial charge in [-0.2, -0.15) is 0 Å². The smallest absolute Gasteiger partial charge is 0.139 e. The minimum atomic E-state index is 0.520. The van der Waals surface area contributed by atoms with Crippen molar-refractivity contribution in [3.8, 4) is 5.75 Å². The monoisotopic (exact) mass is 300 g/mol. The predicted octanol–water partition coefficient (Wildman–Crippen LogP) is 5.87. The molecular formula is C14H14Cl2OS. The second-order valence-corrected chi connectivity index (χ2v) is 6.59.